The number of carbonyl (C=O) groups excluding carboxylic acids is 2. The van der Waals surface area contributed by atoms with Gasteiger partial charge in [0.05, 0.1) is 0 Å². The molecule has 1 aromatic carbocycles. The third kappa shape index (κ3) is 3.44. The maximum Gasteiger partial charge on any atom is 0.342 e. The van der Waals surface area contributed by atoms with E-state index < -0.39 is 24.1 Å². The Labute approximate surface area is 97.4 Å². The summed E-state index contributed by atoms with van der Waals surface area (Å²) in [6.45, 7) is -0.428. The van der Waals surface area contributed by atoms with Gasteiger partial charge in [0.1, 0.15) is 17.1 Å². The van der Waals surface area contributed by atoms with Crippen LogP contribution >= 0.6 is 0 Å². The summed E-state index contributed by atoms with van der Waals surface area (Å²) in [5.41, 5.74) is -0.182. The number of halogens is 1. The van der Waals surface area contributed by atoms with E-state index in [9.17, 15) is 19.1 Å². The number of nitrogens with zero attached hydrogens (tertiary/aromatic N) is 1. The number of esters is 1. The molecule has 0 saturated carbocycles. The van der Waals surface area contributed by atoms with Gasteiger partial charge in [0.25, 0.3) is 5.91 Å². The lowest BCUT2D eigenvalue weighted by Crippen LogP contribution is -2.27. The average molecular weight is 241 g/mol. The Hall–Kier alpha value is -2.11. The average Bonchev–Trinajstić information content (AvgIpc) is 2.25. The Morgan fingerprint density at radius 2 is 2.06 bits per heavy atom. The normalized spacial score (nSPS) is 9.82. The summed E-state index contributed by atoms with van der Waals surface area (Å²) in [6.07, 6.45) is 0. The first-order valence-corrected chi connectivity index (χ1v) is 4.77. The molecule has 0 heterocycles. The van der Waals surface area contributed by atoms with Gasteiger partial charge in [-0.1, -0.05) is 0 Å². The van der Waals surface area contributed by atoms with Crippen LogP contribution in [0.2, 0.25) is 0 Å². The Morgan fingerprint density at radius 3 is 2.59 bits per heavy atom. The van der Waals surface area contributed by atoms with Crippen LogP contribution in [-0.4, -0.2) is 42.6 Å². The monoisotopic (exact) mass is 241 g/mol. The summed E-state index contributed by atoms with van der Waals surface area (Å²) in [6, 6.07) is 2.90. The SMILES string of the molecule is CN(C)C(=O)COC(=O)c1ccc(F)cc1O. The molecule has 0 unspecified atom stereocenters. The van der Waals surface area contributed by atoms with Gasteiger partial charge in [0.2, 0.25) is 0 Å². The Balaban J connectivity index is 2.68. The minimum Gasteiger partial charge on any atom is -0.507 e. The lowest BCUT2D eigenvalue weighted by molar-refractivity contribution is -0.131. The van der Waals surface area contributed by atoms with Crippen molar-refractivity contribution in [2.24, 2.45) is 0 Å². The largest absolute Gasteiger partial charge is 0.507 e. The van der Waals surface area contributed by atoms with Crippen molar-refractivity contribution in [3.8, 4) is 5.75 Å². The molecule has 0 atom stereocenters. The zero-order valence-corrected chi connectivity index (χ0v) is 9.44. The third-order valence-electron chi connectivity index (χ3n) is 2.01. The highest BCUT2D eigenvalue weighted by Crippen LogP contribution is 2.18. The van der Waals surface area contributed by atoms with Gasteiger partial charge in [-0.3, -0.25) is 4.79 Å². The lowest BCUT2D eigenvalue weighted by atomic mass is 10.2. The fourth-order valence-corrected chi connectivity index (χ4v) is 1.01. The summed E-state index contributed by atoms with van der Waals surface area (Å²) in [5.74, 6) is -2.45. The second-order valence-electron chi connectivity index (χ2n) is 3.53. The number of phenolic OH excluding ortho intramolecular Hbond substituents is 1. The van der Waals surface area contributed by atoms with Crippen molar-refractivity contribution in [3.05, 3.63) is 29.6 Å². The molecular formula is C11H12FNO4. The highest BCUT2D eigenvalue weighted by Gasteiger charge is 2.15. The number of rotatable bonds is 3. The molecule has 0 aliphatic heterocycles. The molecule has 6 heteroatoms. The number of phenols is 1. The van der Waals surface area contributed by atoms with Crippen LogP contribution in [-0.2, 0) is 9.53 Å². The molecule has 0 aliphatic rings. The summed E-state index contributed by atoms with van der Waals surface area (Å²) >= 11 is 0. The van der Waals surface area contributed by atoms with Crippen LogP contribution < -0.4 is 0 Å². The van der Waals surface area contributed by atoms with Crippen molar-refractivity contribution < 1.29 is 23.8 Å². The number of hydrogen-bond donors (Lipinski definition) is 1. The maximum absolute atomic E-state index is 12.7. The fourth-order valence-electron chi connectivity index (χ4n) is 1.01. The first kappa shape index (κ1) is 13.0. The second kappa shape index (κ2) is 5.29. The molecule has 0 fully saturated rings. The minimum atomic E-state index is -0.877. The van der Waals surface area contributed by atoms with Gasteiger partial charge >= 0.3 is 5.97 Å². The predicted molar refractivity (Wildman–Crippen MR) is 57.0 cm³/mol. The van der Waals surface area contributed by atoms with Crippen molar-refractivity contribution >= 4 is 11.9 Å². The summed E-state index contributed by atoms with van der Waals surface area (Å²) in [4.78, 5) is 23.8. The van der Waals surface area contributed by atoms with E-state index in [1.54, 1.807) is 0 Å². The molecule has 1 rings (SSSR count). The topological polar surface area (TPSA) is 66.8 Å². The van der Waals surface area contributed by atoms with Gasteiger partial charge in [-0.15, -0.1) is 0 Å². The fraction of sp³-hybridized carbons (Fsp3) is 0.273. The molecule has 0 bridgehead atoms. The smallest absolute Gasteiger partial charge is 0.342 e. The maximum atomic E-state index is 12.7. The number of aromatic hydroxyl groups is 1. The Morgan fingerprint density at radius 1 is 1.41 bits per heavy atom. The molecule has 0 aliphatic carbocycles. The van der Waals surface area contributed by atoms with E-state index >= 15 is 0 Å². The van der Waals surface area contributed by atoms with Crippen LogP contribution in [0.25, 0.3) is 0 Å². The van der Waals surface area contributed by atoms with Gasteiger partial charge < -0.3 is 14.7 Å². The number of amides is 1. The summed E-state index contributed by atoms with van der Waals surface area (Å²) in [5, 5.41) is 9.30. The molecule has 0 spiro atoms. The zero-order valence-electron chi connectivity index (χ0n) is 9.44. The van der Waals surface area contributed by atoms with E-state index in [1.165, 1.54) is 19.0 Å². The van der Waals surface area contributed by atoms with Crippen LogP contribution in [0, 0.1) is 5.82 Å². The molecule has 0 aromatic heterocycles. The predicted octanol–water partition coefficient (Wildman–Crippen LogP) is 0.776. The van der Waals surface area contributed by atoms with E-state index in [0.717, 1.165) is 18.2 Å². The van der Waals surface area contributed by atoms with Gasteiger partial charge in [-0.05, 0) is 12.1 Å². The molecule has 92 valence electrons. The first-order chi connectivity index (χ1) is 7.91. The minimum absolute atomic E-state index is 0.182. The van der Waals surface area contributed by atoms with Crippen LogP contribution in [0.3, 0.4) is 0 Å². The van der Waals surface area contributed by atoms with E-state index in [1.807, 2.05) is 0 Å². The molecule has 1 aromatic rings. The third-order valence-corrected chi connectivity index (χ3v) is 2.01. The van der Waals surface area contributed by atoms with Crippen LogP contribution in [0.15, 0.2) is 18.2 Å². The van der Waals surface area contributed by atoms with E-state index in [0.29, 0.717) is 0 Å². The quantitative estimate of drug-likeness (QED) is 0.794. The number of ether oxygens (including phenoxy) is 1. The van der Waals surface area contributed by atoms with Crippen molar-refractivity contribution in [1.29, 1.82) is 0 Å². The molecule has 5 nitrogen and oxygen atoms in total. The van der Waals surface area contributed by atoms with Crippen molar-refractivity contribution in [2.75, 3.05) is 20.7 Å². The number of benzene rings is 1. The van der Waals surface area contributed by atoms with Crippen LogP contribution in [0.1, 0.15) is 10.4 Å². The van der Waals surface area contributed by atoms with Crippen LogP contribution in [0.4, 0.5) is 4.39 Å². The molecule has 1 amide bonds. The lowest BCUT2D eigenvalue weighted by Gasteiger charge is -2.10. The highest BCUT2D eigenvalue weighted by molar-refractivity contribution is 5.93. The van der Waals surface area contributed by atoms with Gasteiger partial charge in [0, 0.05) is 20.2 Å². The molecule has 0 saturated heterocycles. The van der Waals surface area contributed by atoms with Crippen molar-refractivity contribution in [2.45, 2.75) is 0 Å². The zero-order chi connectivity index (χ0) is 13.0. The van der Waals surface area contributed by atoms with Gasteiger partial charge in [-0.2, -0.15) is 0 Å². The van der Waals surface area contributed by atoms with Crippen molar-refractivity contribution in [3.63, 3.8) is 0 Å². The van der Waals surface area contributed by atoms with Crippen molar-refractivity contribution in [1.82, 2.24) is 4.90 Å². The molecule has 17 heavy (non-hydrogen) atoms. The highest BCUT2D eigenvalue weighted by atomic mass is 19.1. The number of carbonyl (C=O) groups is 2. The second-order valence-corrected chi connectivity index (χ2v) is 3.53. The molecule has 0 radical (unpaired) electrons. The Kier molecular flexibility index (Phi) is 4.03. The van der Waals surface area contributed by atoms with Gasteiger partial charge in [0.15, 0.2) is 6.61 Å². The summed E-state index contributed by atoms with van der Waals surface area (Å²) < 4.78 is 17.3. The molecule has 1 N–H and O–H groups in total. The van der Waals surface area contributed by atoms with Gasteiger partial charge in [-0.25, -0.2) is 9.18 Å². The standard InChI is InChI=1S/C11H12FNO4/c1-13(2)10(15)6-17-11(16)8-4-3-7(12)5-9(8)14/h3-5,14H,6H2,1-2H3. The van der Waals surface area contributed by atoms with Crippen LogP contribution in [0.5, 0.6) is 5.75 Å². The molecular weight excluding hydrogens is 229 g/mol. The first-order valence-electron chi connectivity index (χ1n) is 4.77. The number of hydrogen-bond acceptors (Lipinski definition) is 4. The summed E-state index contributed by atoms with van der Waals surface area (Å²) in [7, 11) is 3.04. The van der Waals surface area contributed by atoms with E-state index in [4.69, 9.17) is 0 Å². The number of likely N-dealkylation sites (N-methyl/N-ethyl adjacent to an activating group) is 1. The Bertz CT molecular complexity index is 445. The van der Waals surface area contributed by atoms with E-state index in [2.05, 4.69) is 4.74 Å². The van der Waals surface area contributed by atoms with E-state index in [-0.39, 0.29) is 11.5 Å².